The number of hydrogen-bond donors (Lipinski definition) is 3. The van der Waals surface area contributed by atoms with Gasteiger partial charge in [0.1, 0.15) is 41.2 Å². The molecule has 9 nitrogen and oxygen atoms in total. The Balaban J connectivity index is 1.69. The maximum Gasteiger partial charge on any atom is 0.271 e. The number of nitrogens with zero attached hydrogens (tertiary/aromatic N) is 4. The van der Waals surface area contributed by atoms with E-state index >= 15 is 0 Å². The van der Waals surface area contributed by atoms with Crippen LogP contribution in [0.15, 0.2) is 34.7 Å². The van der Waals surface area contributed by atoms with Gasteiger partial charge in [-0.3, -0.25) is 0 Å². The summed E-state index contributed by atoms with van der Waals surface area (Å²) < 4.78 is 13.7. The van der Waals surface area contributed by atoms with Crippen LogP contribution < -0.4 is 0 Å². The second kappa shape index (κ2) is 10.4. The first kappa shape index (κ1) is 24.7. The third-order valence-corrected chi connectivity index (χ3v) is 7.49. The fourth-order valence-corrected chi connectivity index (χ4v) is 5.59. The third-order valence-electron chi connectivity index (χ3n) is 4.97. The Morgan fingerprint density at radius 1 is 1.27 bits per heavy atom. The van der Waals surface area contributed by atoms with E-state index in [1.807, 2.05) is 19.9 Å². The lowest BCUT2D eigenvalue weighted by Crippen LogP contribution is -2.56. The zero-order chi connectivity index (χ0) is 23.7. The van der Waals surface area contributed by atoms with Crippen molar-refractivity contribution in [1.82, 2.24) is 20.0 Å². The van der Waals surface area contributed by atoms with Gasteiger partial charge in [-0.15, -0.1) is 5.10 Å². The van der Waals surface area contributed by atoms with Crippen molar-refractivity contribution >= 4 is 46.3 Å². The standard InChI is InChI=1S/C20H22Cl2N4O5S2/c1-9(2)30-18-16(26-6-13(24-25-26)14-8-32-20(29)23-14)17(28)15(7-27)31-19(18)33-10-3-4-11(21)12(22)5-10/h3-6,8-9,15-19,27-28H,7H2,1-2H3,(H,23,29)/t15-,16+,17+,18-,19-/m1/s1. The van der Waals surface area contributed by atoms with Gasteiger partial charge in [0.2, 0.25) is 0 Å². The van der Waals surface area contributed by atoms with Gasteiger partial charge in [-0.2, -0.15) is 0 Å². The molecule has 3 N–H and O–H groups in total. The molecular formula is C20H22Cl2N4O5S2. The van der Waals surface area contributed by atoms with Crippen LogP contribution >= 0.6 is 46.3 Å². The van der Waals surface area contributed by atoms with Crippen LogP contribution in [0.5, 0.6) is 5.19 Å². The highest BCUT2D eigenvalue weighted by molar-refractivity contribution is 7.99. The molecule has 3 aromatic rings. The molecule has 5 atom stereocenters. The van der Waals surface area contributed by atoms with Crippen LogP contribution in [-0.2, 0) is 9.47 Å². The molecule has 0 amide bonds. The number of aromatic nitrogens is 4. The topological polar surface area (TPSA) is 123 Å². The van der Waals surface area contributed by atoms with Crippen LogP contribution in [-0.4, -0.2) is 71.8 Å². The summed E-state index contributed by atoms with van der Waals surface area (Å²) in [5.41, 5.74) is 0.293. The van der Waals surface area contributed by atoms with E-state index < -0.39 is 36.4 Å². The van der Waals surface area contributed by atoms with Crippen LogP contribution in [0.25, 0.3) is 11.4 Å². The number of rotatable bonds is 7. The van der Waals surface area contributed by atoms with Gasteiger partial charge in [0, 0.05) is 10.3 Å². The maximum atomic E-state index is 11.1. The van der Waals surface area contributed by atoms with Crippen molar-refractivity contribution in [3.8, 4) is 16.6 Å². The lowest BCUT2D eigenvalue weighted by atomic mass is 9.97. The minimum atomic E-state index is -1.12. The van der Waals surface area contributed by atoms with Gasteiger partial charge in [-0.05, 0) is 32.0 Å². The molecule has 1 fully saturated rings. The molecule has 1 aliphatic rings. The fourth-order valence-electron chi connectivity index (χ4n) is 3.52. The summed E-state index contributed by atoms with van der Waals surface area (Å²) in [6.07, 6.45) is -1.21. The Kier molecular flexibility index (Phi) is 7.81. The molecule has 178 valence electrons. The summed E-state index contributed by atoms with van der Waals surface area (Å²) in [7, 11) is 0. The number of halogens is 2. The number of aromatic hydroxyl groups is 1. The second-order valence-electron chi connectivity index (χ2n) is 7.65. The number of aliphatic hydroxyl groups is 2. The van der Waals surface area contributed by atoms with E-state index in [0.29, 0.717) is 21.4 Å². The molecule has 13 heteroatoms. The average molecular weight is 533 g/mol. The quantitative estimate of drug-likeness (QED) is 0.418. The number of thiazole rings is 1. The molecule has 3 heterocycles. The molecular weight excluding hydrogens is 511 g/mol. The van der Waals surface area contributed by atoms with Gasteiger partial charge in [-0.25, -0.2) is 9.67 Å². The Morgan fingerprint density at radius 2 is 2.06 bits per heavy atom. The van der Waals surface area contributed by atoms with Gasteiger partial charge in [0.25, 0.3) is 5.19 Å². The summed E-state index contributed by atoms with van der Waals surface area (Å²) >= 11 is 14.6. The van der Waals surface area contributed by atoms with E-state index in [4.69, 9.17) is 32.7 Å². The minimum Gasteiger partial charge on any atom is -0.486 e. The maximum absolute atomic E-state index is 11.1. The van der Waals surface area contributed by atoms with E-state index in [9.17, 15) is 15.3 Å². The van der Waals surface area contributed by atoms with E-state index in [2.05, 4.69) is 15.3 Å². The minimum absolute atomic E-state index is 0.0786. The first-order valence-corrected chi connectivity index (χ1v) is 12.6. The van der Waals surface area contributed by atoms with Crippen LogP contribution in [0.3, 0.4) is 0 Å². The number of benzene rings is 1. The zero-order valence-corrected chi connectivity index (χ0v) is 20.7. The number of hydrogen-bond acceptors (Lipinski definition) is 10. The summed E-state index contributed by atoms with van der Waals surface area (Å²) in [6.45, 7) is 3.37. The predicted molar refractivity (Wildman–Crippen MR) is 126 cm³/mol. The third kappa shape index (κ3) is 5.46. The van der Waals surface area contributed by atoms with Crippen molar-refractivity contribution in [2.75, 3.05) is 6.61 Å². The Morgan fingerprint density at radius 3 is 2.70 bits per heavy atom. The number of thioether (sulfide) groups is 1. The molecule has 33 heavy (non-hydrogen) atoms. The molecule has 0 spiro atoms. The smallest absolute Gasteiger partial charge is 0.271 e. The highest BCUT2D eigenvalue weighted by atomic mass is 35.5. The van der Waals surface area contributed by atoms with Crippen molar-refractivity contribution in [3.05, 3.63) is 39.8 Å². The molecule has 2 aromatic heterocycles. The van der Waals surface area contributed by atoms with Gasteiger partial charge in [0.05, 0.1) is 29.0 Å². The first-order chi connectivity index (χ1) is 15.8. The lowest BCUT2D eigenvalue weighted by molar-refractivity contribution is -0.201. The van der Waals surface area contributed by atoms with Crippen molar-refractivity contribution in [1.29, 1.82) is 0 Å². The van der Waals surface area contributed by atoms with Crippen molar-refractivity contribution < 1.29 is 24.8 Å². The normalized spacial score (nSPS) is 25.6. The Labute approximate surface area is 208 Å². The van der Waals surface area contributed by atoms with E-state index in [-0.39, 0.29) is 11.3 Å². The Hall–Kier alpha value is -1.44. The molecule has 0 saturated carbocycles. The Bertz CT molecular complexity index is 1100. The van der Waals surface area contributed by atoms with E-state index in [1.165, 1.54) is 16.4 Å². The first-order valence-electron chi connectivity index (χ1n) is 10.0. The average Bonchev–Trinajstić information content (AvgIpc) is 3.41. The molecule has 1 aliphatic heterocycles. The zero-order valence-electron chi connectivity index (χ0n) is 17.6. The van der Waals surface area contributed by atoms with E-state index in [0.717, 1.165) is 16.2 Å². The fraction of sp³-hybridized carbons (Fsp3) is 0.450. The second-order valence-corrected chi connectivity index (χ2v) is 10.5. The molecule has 0 unspecified atom stereocenters. The summed E-state index contributed by atoms with van der Waals surface area (Å²) in [5, 5.41) is 41.3. The largest absolute Gasteiger partial charge is 0.486 e. The van der Waals surface area contributed by atoms with Crippen LogP contribution in [0.2, 0.25) is 10.0 Å². The molecule has 0 bridgehead atoms. The molecule has 0 radical (unpaired) electrons. The van der Waals surface area contributed by atoms with Gasteiger partial charge in [-0.1, -0.05) is 51.5 Å². The monoisotopic (exact) mass is 532 g/mol. The predicted octanol–water partition coefficient (Wildman–Crippen LogP) is 3.62. The summed E-state index contributed by atoms with van der Waals surface area (Å²) in [4.78, 5) is 4.80. The van der Waals surface area contributed by atoms with Crippen molar-refractivity contribution in [2.45, 2.75) is 54.6 Å². The molecule has 0 aliphatic carbocycles. The number of ether oxygens (including phenoxy) is 2. The highest BCUT2D eigenvalue weighted by Gasteiger charge is 2.48. The summed E-state index contributed by atoms with van der Waals surface area (Å²) in [6, 6.07) is 4.51. The van der Waals surface area contributed by atoms with Crippen molar-refractivity contribution in [2.24, 2.45) is 0 Å². The highest BCUT2D eigenvalue weighted by Crippen LogP contribution is 2.41. The molecule has 4 rings (SSSR count). The van der Waals surface area contributed by atoms with Gasteiger partial charge >= 0.3 is 0 Å². The van der Waals surface area contributed by atoms with Crippen molar-refractivity contribution in [3.63, 3.8) is 0 Å². The van der Waals surface area contributed by atoms with E-state index in [1.54, 1.807) is 23.7 Å². The SMILES string of the molecule is CC(C)O[C@@H]1[C@@H](n2cc(-c3csc(O)n3)nn2)[C@@H](O)[C@@H](CO)O[C@@H]1Sc1ccc(Cl)c(Cl)c1. The van der Waals surface area contributed by atoms with Crippen LogP contribution in [0.1, 0.15) is 19.9 Å². The molecule has 1 saturated heterocycles. The number of aliphatic hydroxyl groups excluding tert-OH is 2. The van der Waals surface area contributed by atoms with Gasteiger partial charge in [0.15, 0.2) is 0 Å². The van der Waals surface area contributed by atoms with Crippen LogP contribution in [0, 0.1) is 0 Å². The lowest BCUT2D eigenvalue weighted by Gasteiger charge is -2.44. The van der Waals surface area contributed by atoms with Crippen LogP contribution in [0.4, 0.5) is 0 Å². The van der Waals surface area contributed by atoms with Gasteiger partial charge < -0.3 is 24.8 Å². The molecule has 1 aromatic carbocycles. The summed E-state index contributed by atoms with van der Waals surface area (Å²) in [5.74, 6) is 0.